The van der Waals surface area contributed by atoms with E-state index in [0.29, 0.717) is 10.2 Å². The predicted molar refractivity (Wildman–Crippen MR) is 73.1 cm³/mol. The standard InChI is InChI=1S/C12H9BrFN3O2/c1-16(10-4-2-3-9(14)6-10)12-11(17(18)19)5-8(13)7-15-12/h2-7H,1H3. The number of benzene rings is 1. The van der Waals surface area contributed by atoms with Crippen molar-refractivity contribution in [1.29, 1.82) is 0 Å². The Balaban J connectivity index is 2.49. The van der Waals surface area contributed by atoms with Gasteiger partial charge in [0.25, 0.3) is 0 Å². The Morgan fingerprint density at radius 2 is 2.16 bits per heavy atom. The molecule has 0 saturated carbocycles. The number of nitro groups is 1. The number of rotatable bonds is 3. The van der Waals surface area contributed by atoms with Crippen molar-refractivity contribution >= 4 is 33.1 Å². The zero-order chi connectivity index (χ0) is 14.0. The molecule has 2 aromatic rings. The summed E-state index contributed by atoms with van der Waals surface area (Å²) in [5, 5.41) is 11.0. The number of halogens is 2. The van der Waals surface area contributed by atoms with E-state index in [-0.39, 0.29) is 11.5 Å². The summed E-state index contributed by atoms with van der Waals surface area (Å²) in [4.78, 5) is 16.0. The normalized spacial score (nSPS) is 10.3. The van der Waals surface area contributed by atoms with Crippen LogP contribution < -0.4 is 4.90 Å². The zero-order valence-electron chi connectivity index (χ0n) is 9.88. The lowest BCUT2D eigenvalue weighted by Crippen LogP contribution is -2.13. The maximum Gasteiger partial charge on any atom is 0.313 e. The van der Waals surface area contributed by atoms with Gasteiger partial charge >= 0.3 is 5.69 Å². The van der Waals surface area contributed by atoms with E-state index in [1.165, 1.54) is 35.4 Å². The molecule has 0 saturated heterocycles. The average molecular weight is 326 g/mol. The van der Waals surface area contributed by atoms with Crippen molar-refractivity contribution in [3.05, 3.63) is 56.9 Å². The average Bonchev–Trinajstić information content (AvgIpc) is 2.37. The molecule has 0 amide bonds. The molecule has 0 atom stereocenters. The number of pyridine rings is 1. The van der Waals surface area contributed by atoms with Crippen molar-refractivity contribution in [2.75, 3.05) is 11.9 Å². The second-order valence-corrected chi connectivity index (χ2v) is 4.71. The highest BCUT2D eigenvalue weighted by atomic mass is 79.9. The fourth-order valence-electron chi connectivity index (χ4n) is 1.62. The molecular formula is C12H9BrFN3O2. The SMILES string of the molecule is CN(c1cccc(F)c1)c1ncc(Br)cc1[N+](=O)[O-]. The number of anilines is 2. The summed E-state index contributed by atoms with van der Waals surface area (Å²) in [5.74, 6) is -0.261. The lowest BCUT2D eigenvalue weighted by Gasteiger charge is -2.18. The first-order valence-electron chi connectivity index (χ1n) is 5.28. The van der Waals surface area contributed by atoms with Gasteiger partial charge in [0.2, 0.25) is 5.82 Å². The van der Waals surface area contributed by atoms with E-state index in [9.17, 15) is 14.5 Å². The van der Waals surface area contributed by atoms with E-state index in [1.807, 2.05) is 0 Å². The van der Waals surface area contributed by atoms with Crippen LogP contribution in [0.4, 0.5) is 21.6 Å². The van der Waals surface area contributed by atoms with Crippen LogP contribution in [0.1, 0.15) is 0 Å². The molecule has 0 fully saturated rings. The number of hydrogen-bond acceptors (Lipinski definition) is 4. The molecular weight excluding hydrogens is 317 g/mol. The van der Waals surface area contributed by atoms with Crippen LogP contribution in [0.3, 0.4) is 0 Å². The van der Waals surface area contributed by atoms with Gasteiger partial charge in [0.15, 0.2) is 0 Å². The van der Waals surface area contributed by atoms with Gasteiger partial charge in [-0.25, -0.2) is 9.37 Å². The molecule has 0 aliphatic carbocycles. The van der Waals surface area contributed by atoms with Crippen LogP contribution >= 0.6 is 15.9 Å². The second kappa shape index (κ2) is 5.31. The summed E-state index contributed by atoms with van der Waals surface area (Å²) in [7, 11) is 1.60. The molecule has 0 N–H and O–H groups in total. The molecule has 0 bridgehead atoms. The quantitative estimate of drug-likeness (QED) is 0.638. The molecule has 1 heterocycles. The van der Waals surface area contributed by atoms with Gasteiger partial charge in [0.1, 0.15) is 5.82 Å². The van der Waals surface area contributed by atoms with Gasteiger partial charge in [-0.1, -0.05) is 6.07 Å². The molecule has 1 aromatic carbocycles. The van der Waals surface area contributed by atoms with E-state index < -0.39 is 10.7 Å². The third kappa shape index (κ3) is 2.87. The summed E-state index contributed by atoms with van der Waals surface area (Å²) in [6.45, 7) is 0. The first-order valence-corrected chi connectivity index (χ1v) is 6.07. The minimum atomic E-state index is -0.525. The topological polar surface area (TPSA) is 59.3 Å². The molecule has 0 aliphatic rings. The van der Waals surface area contributed by atoms with Crippen molar-refractivity contribution in [3.8, 4) is 0 Å². The molecule has 2 rings (SSSR count). The first-order chi connectivity index (χ1) is 8.99. The summed E-state index contributed by atoms with van der Waals surface area (Å²) >= 11 is 3.14. The maximum absolute atomic E-state index is 13.2. The highest BCUT2D eigenvalue weighted by Gasteiger charge is 2.20. The van der Waals surface area contributed by atoms with Crippen LogP contribution in [0.15, 0.2) is 41.0 Å². The molecule has 0 aliphatic heterocycles. The van der Waals surface area contributed by atoms with Crippen LogP contribution in [-0.4, -0.2) is 17.0 Å². The number of hydrogen-bond donors (Lipinski definition) is 0. The van der Waals surface area contributed by atoms with Crippen LogP contribution in [-0.2, 0) is 0 Å². The van der Waals surface area contributed by atoms with Crippen LogP contribution in [0.5, 0.6) is 0 Å². The van der Waals surface area contributed by atoms with E-state index in [1.54, 1.807) is 13.1 Å². The lowest BCUT2D eigenvalue weighted by atomic mass is 10.2. The molecule has 0 radical (unpaired) electrons. The summed E-state index contributed by atoms with van der Waals surface area (Å²) < 4.78 is 13.7. The molecule has 7 heteroatoms. The minimum absolute atomic E-state index is 0.152. The Labute approximate surface area is 117 Å². The largest absolute Gasteiger partial charge is 0.324 e. The van der Waals surface area contributed by atoms with Crippen LogP contribution in [0, 0.1) is 15.9 Å². The van der Waals surface area contributed by atoms with Crippen molar-refractivity contribution in [1.82, 2.24) is 4.98 Å². The Hall–Kier alpha value is -2.02. The predicted octanol–water partition coefficient (Wildman–Crippen LogP) is 3.66. The molecule has 1 aromatic heterocycles. The highest BCUT2D eigenvalue weighted by molar-refractivity contribution is 9.10. The molecule has 0 unspecified atom stereocenters. The van der Waals surface area contributed by atoms with Crippen molar-refractivity contribution in [2.24, 2.45) is 0 Å². The van der Waals surface area contributed by atoms with Gasteiger partial charge in [-0.15, -0.1) is 0 Å². The Bertz CT molecular complexity index is 636. The van der Waals surface area contributed by atoms with Gasteiger partial charge in [-0.05, 0) is 34.1 Å². The Kier molecular flexibility index (Phi) is 3.75. The molecule has 19 heavy (non-hydrogen) atoms. The van der Waals surface area contributed by atoms with Crippen LogP contribution in [0.25, 0.3) is 0 Å². The fraction of sp³-hybridized carbons (Fsp3) is 0.0833. The molecule has 98 valence electrons. The second-order valence-electron chi connectivity index (χ2n) is 3.79. The summed E-state index contributed by atoms with van der Waals surface area (Å²) in [6, 6.07) is 7.13. The lowest BCUT2D eigenvalue weighted by molar-refractivity contribution is -0.384. The van der Waals surface area contributed by atoms with Gasteiger partial charge in [0.05, 0.1) is 4.92 Å². The summed E-state index contributed by atoms with van der Waals surface area (Å²) in [6.07, 6.45) is 1.46. The minimum Gasteiger partial charge on any atom is -0.324 e. The van der Waals surface area contributed by atoms with Crippen molar-refractivity contribution in [3.63, 3.8) is 0 Å². The molecule has 5 nitrogen and oxygen atoms in total. The van der Waals surface area contributed by atoms with Gasteiger partial charge in [-0.3, -0.25) is 10.1 Å². The Morgan fingerprint density at radius 1 is 1.42 bits per heavy atom. The summed E-state index contributed by atoms with van der Waals surface area (Å²) in [5.41, 5.74) is 0.332. The maximum atomic E-state index is 13.2. The third-order valence-corrected chi connectivity index (χ3v) is 2.96. The van der Waals surface area contributed by atoms with Gasteiger partial charge in [0, 0.05) is 29.5 Å². The van der Waals surface area contributed by atoms with Crippen LogP contribution in [0.2, 0.25) is 0 Å². The van der Waals surface area contributed by atoms with Gasteiger partial charge < -0.3 is 4.90 Å². The van der Waals surface area contributed by atoms with Crippen molar-refractivity contribution in [2.45, 2.75) is 0 Å². The molecule has 0 spiro atoms. The fourth-order valence-corrected chi connectivity index (χ4v) is 1.94. The van der Waals surface area contributed by atoms with E-state index in [4.69, 9.17) is 0 Å². The third-order valence-electron chi connectivity index (χ3n) is 2.52. The van der Waals surface area contributed by atoms with Crippen molar-refractivity contribution < 1.29 is 9.31 Å². The monoisotopic (exact) mass is 325 g/mol. The van der Waals surface area contributed by atoms with E-state index >= 15 is 0 Å². The smallest absolute Gasteiger partial charge is 0.313 e. The Morgan fingerprint density at radius 3 is 2.79 bits per heavy atom. The first kappa shape index (κ1) is 13.4. The van der Waals surface area contributed by atoms with Gasteiger partial charge in [-0.2, -0.15) is 0 Å². The van der Waals surface area contributed by atoms with E-state index in [0.717, 1.165) is 0 Å². The number of aromatic nitrogens is 1. The number of nitrogens with zero attached hydrogens (tertiary/aromatic N) is 3. The zero-order valence-corrected chi connectivity index (χ0v) is 11.5. The van der Waals surface area contributed by atoms with E-state index in [2.05, 4.69) is 20.9 Å². The highest BCUT2D eigenvalue weighted by Crippen LogP contribution is 2.32.